The molecule has 1 aliphatic rings. The van der Waals surface area contributed by atoms with Gasteiger partial charge in [-0.1, -0.05) is 25.1 Å². The lowest BCUT2D eigenvalue weighted by Crippen LogP contribution is -2.44. The fraction of sp³-hybridized carbons (Fsp3) is 0.286. The Labute approximate surface area is 162 Å². The van der Waals surface area contributed by atoms with Crippen LogP contribution in [0, 0.1) is 19.7 Å². The molecule has 1 fully saturated rings. The van der Waals surface area contributed by atoms with E-state index in [2.05, 4.69) is 10.6 Å². The van der Waals surface area contributed by atoms with Crippen LogP contribution in [-0.4, -0.2) is 29.3 Å². The largest absolute Gasteiger partial charge is 0.325 e. The molecule has 6 nitrogen and oxygen atoms in total. The van der Waals surface area contributed by atoms with E-state index in [9.17, 15) is 18.8 Å². The van der Waals surface area contributed by atoms with Crippen molar-refractivity contribution in [3.05, 3.63) is 65.0 Å². The van der Waals surface area contributed by atoms with Crippen LogP contribution in [0.4, 0.5) is 14.9 Å². The van der Waals surface area contributed by atoms with Gasteiger partial charge in [0, 0.05) is 5.69 Å². The first kappa shape index (κ1) is 19.5. The quantitative estimate of drug-likeness (QED) is 0.778. The van der Waals surface area contributed by atoms with Crippen LogP contribution in [0.1, 0.15) is 30.0 Å². The molecule has 1 saturated heterocycles. The van der Waals surface area contributed by atoms with Gasteiger partial charge in [-0.25, -0.2) is 9.18 Å². The summed E-state index contributed by atoms with van der Waals surface area (Å²) in [5.74, 6) is -1.43. The first-order chi connectivity index (χ1) is 13.3. The molecule has 1 atom stereocenters. The number of hydrogen-bond donors (Lipinski definition) is 2. The van der Waals surface area contributed by atoms with E-state index in [0.29, 0.717) is 11.3 Å². The Morgan fingerprint density at radius 2 is 1.79 bits per heavy atom. The highest BCUT2D eigenvalue weighted by molar-refractivity contribution is 6.10. The van der Waals surface area contributed by atoms with Crippen molar-refractivity contribution in [2.24, 2.45) is 0 Å². The Morgan fingerprint density at radius 3 is 2.39 bits per heavy atom. The molecule has 28 heavy (non-hydrogen) atoms. The van der Waals surface area contributed by atoms with E-state index in [4.69, 9.17) is 0 Å². The molecule has 0 radical (unpaired) electrons. The van der Waals surface area contributed by atoms with Gasteiger partial charge in [-0.15, -0.1) is 0 Å². The average molecular weight is 383 g/mol. The molecule has 0 spiro atoms. The van der Waals surface area contributed by atoms with Crippen LogP contribution < -0.4 is 10.6 Å². The summed E-state index contributed by atoms with van der Waals surface area (Å²) < 4.78 is 13.2. The summed E-state index contributed by atoms with van der Waals surface area (Å²) in [6, 6.07) is 10.2. The van der Waals surface area contributed by atoms with Crippen molar-refractivity contribution in [2.45, 2.75) is 32.7 Å². The van der Waals surface area contributed by atoms with Gasteiger partial charge < -0.3 is 10.6 Å². The maximum Gasteiger partial charge on any atom is 0.325 e. The van der Waals surface area contributed by atoms with E-state index >= 15 is 0 Å². The predicted octanol–water partition coefficient (Wildman–Crippen LogP) is 3.24. The highest BCUT2D eigenvalue weighted by Gasteiger charge is 2.51. The number of aryl methyl sites for hydroxylation is 2. The molecular formula is C21H22FN3O3. The van der Waals surface area contributed by atoms with Crippen molar-refractivity contribution in [3.63, 3.8) is 0 Å². The zero-order valence-corrected chi connectivity index (χ0v) is 16.0. The molecule has 7 heteroatoms. The van der Waals surface area contributed by atoms with Crippen LogP contribution in [0.2, 0.25) is 0 Å². The van der Waals surface area contributed by atoms with Crippen molar-refractivity contribution in [3.8, 4) is 0 Å². The molecule has 0 aliphatic carbocycles. The molecule has 3 rings (SSSR count). The standard InChI is InChI=1S/C21H22FN3O3/c1-4-21(15-6-8-16(22)9-7-15)19(27)25(20(28)24-21)12-18(26)23-17-10-5-13(2)14(3)11-17/h5-11H,4,12H2,1-3H3,(H,23,26)(H,24,28). The van der Waals surface area contributed by atoms with E-state index in [-0.39, 0.29) is 6.42 Å². The van der Waals surface area contributed by atoms with Gasteiger partial charge >= 0.3 is 6.03 Å². The first-order valence-electron chi connectivity index (χ1n) is 9.04. The minimum absolute atomic E-state index is 0.276. The fourth-order valence-corrected chi connectivity index (χ4v) is 3.31. The van der Waals surface area contributed by atoms with Crippen LogP contribution in [0.5, 0.6) is 0 Å². The average Bonchev–Trinajstić information content (AvgIpc) is 2.90. The second-order valence-corrected chi connectivity index (χ2v) is 6.93. The normalized spacial score (nSPS) is 18.9. The first-order valence-corrected chi connectivity index (χ1v) is 9.04. The number of carbonyl (C=O) groups excluding carboxylic acids is 3. The fourth-order valence-electron chi connectivity index (χ4n) is 3.31. The molecular weight excluding hydrogens is 361 g/mol. The van der Waals surface area contributed by atoms with Gasteiger partial charge in [-0.05, 0) is 61.2 Å². The van der Waals surface area contributed by atoms with Crippen LogP contribution in [0.3, 0.4) is 0 Å². The van der Waals surface area contributed by atoms with Crippen molar-refractivity contribution in [1.82, 2.24) is 10.2 Å². The molecule has 0 aromatic heterocycles. The lowest BCUT2D eigenvalue weighted by Gasteiger charge is -2.25. The second kappa shape index (κ2) is 7.42. The zero-order valence-electron chi connectivity index (χ0n) is 16.0. The van der Waals surface area contributed by atoms with E-state index in [0.717, 1.165) is 16.0 Å². The minimum atomic E-state index is -1.30. The minimum Gasteiger partial charge on any atom is -0.325 e. The Kier molecular flexibility index (Phi) is 5.18. The number of hydrogen-bond acceptors (Lipinski definition) is 3. The van der Waals surface area contributed by atoms with Crippen molar-refractivity contribution >= 4 is 23.5 Å². The van der Waals surface area contributed by atoms with Crippen LogP contribution in [-0.2, 0) is 15.1 Å². The number of nitrogens with zero attached hydrogens (tertiary/aromatic N) is 1. The zero-order chi connectivity index (χ0) is 20.5. The summed E-state index contributed by atoms with van der Waals surface area (Å²) >= 11 is 0. The maximum absolute atomic E-state index is 13.2. The molecule has 2 N–H and O–H groups in total. The lowest BCUT2D eigenvalue weighted by atomic mass is 9.87. The molecule has 2 aromatic carbocycles. The van der Waals surface area contributed by atoms with Gasteiger partial charge in [-0.3, -0.25) is 14.5 Å². The smallest absolute Gasteiger partial charge is 0.325 e. The van der Waals surface area contributed by atoms with Crippen molar-refractivity contribution in [2.75, 3.05) is 11.9 Å². The summed E-state index contributed by atoms with van der Waals surface area (Å²) in [5.41, 5.74) is 1.89. The second-order valence-electron chi connectivity index (χ2n) is 6.93. The number of anilines is 1. The van der Waals surface area contributed by atoms with Crippen LogP contribution in [0.15, 0.2) is 42.5 Å². The Bertz CT molecular complexity index is 942. The third kappa shape index (κ3) is 3.47. The van der Waals surface area contributed by atoms with Gasteiger partial charge in [0.1, 0.15) is 17.9 Å². The summed E-state index contributed by atoms with van der Waals surface area (Å²) in [7, 11) is 0. The number of benzene rings is 2. The molecule has 1 unspecified atom stereocenters. The number of nitrogens with one attached hydrogen (secondary N) is 2. The van der Waals surface area contributed by atoms with Gasteiger partial charge in [0.25, 0.3) is 5.91 Å². The number of imide groups is 1. The van der Waals surface area contributed by atoms with Crippen LogP contribution in [0.25, 0.3) is 0 Å². The lowest BCUT2D eigenvalue weighted by molar-refractivity contribution is -0.134. The molecule has 1 heterocycles. The van der Waals surface area contributed by atoms with Crippen molar-refractivity contribution in [1.29, 1.82) is 0 Å². The SMILES string of the molecule is CCC1(c2ccc(F)cc2)NC(=O)N(CC(=O)Nc2ccc(C)c(C)c2)C1=O. The Morgan fingerprint density at radius 1 is 1.11 bits per heavy atom. The number of urea groups is 1. The number of rotatable bonds is 5. The molecule has 4 amide bonds. The number of halogens is 1. The topological polar surface area (TPSA) is 78.5 Å². The highest BCUT2D eigenvalue weighted by Crippen LogP contribution is 2.32. The van der Waals surface area contributed by atoms with E-state index < -0.39 is 35.7 Å². The summed E-state index contributed by atoms with van der Waals surface area (Å²) in [4.78, 5) is 38.7. The third-order valence-electron chi connectivity index (χ3n) is 5.14. The summed E-state index contributed by atoms with van der Waals surface area (Å²) in [5, 5.41) is 5.38. The van der Waals surface area contributed by atoms with Gasteiger partial charge in [0.15, 0.2) is 0 Å². The van der Waals surface area contributed by atoms with Crippen LogP contribution >= 0.6 is 0 Å². The highest BCUT2D eigenvalue weighted by atomic mass is 19.1. The number of amides is 4. The molecule has 146 valence electrons. The Hall–Kier alpha value is -3.22. The van der Waals surface area contributed by atoms with Gasteiger partial charge in [-0.2, -0.15) is 0 Å². The van der Waals surface area contributed by atoms with Crippen molar-refractivity contribution < 1.29 is 18.8 Å². The van der Waals surface area contributed by atoms with Gasteiger partial charge in [0.05, 0.1) is 0 Å². The molecule has 0 saturated carbocycles. The molecule has 0 bridgehead atoms. The van der Waals surface area contributed by atoms with E-state index in [1.54, 1.807) is 13.0 Å². The third-order valence-corrected chi connectivity index (χ3v) is 5.14. The monoisotopic (exact) mass is 383 g/mol. The maximum atomic E-state index is 13.2. The summed E-state index contributed by atoms with van der Waals surface area (Å²) in [6.45, 7) is 5.25. The van der Waals surface area contributed by atoms with Gasteiger partial charge in [0.2, 0.25) is 5.91 Å². The van der Waals surface area contributed by atoms with E-state index in [1.807, 2.05) is 26.0 Å². The predicted molar refractivity (Wildman–Crippen MR) is 103 cm³/mol. The number of carbonyl (C=O) groups is 3. The molecule has 2 aromatic rings. The molecule has 1 aliphatic heterocycles. The summed E-state index contributed by atoms with van der Waals surface area (Å²) in [6.07, 6.45) is 0.276. The van der Waals surface area contributed by atoms with E-state index in [1.165, 1.54) is 24.3 Å². The Balaban J connectivity index is 1.78.